The van der Waals surface area contributed by atoms with Gasteiger partial charge in [0.25, 0.3) is 0 Å². The van der Waals surface area contributed by atoms with Gasteiger partial charge in [-0.05, 0) is 11.6 Å². The number of hydrogen-bond acceptors (Lipinski definition) is 1. The highest BCUT2D eigenvalue weighted by molar-refractivity contribution is 5.80. The second kappa shape index (κ2) is 3.86. The molecule has 0 aromatic heterocycles. The fourth-order valence-electron chi connectivity index (χ4n) is 1.94. The molecule has 2 aromatic rings. The Bertz CT molecular complexity index is 526. The van der Waals surface area contributed by atoms with Crippen LogP contribution < -0.4 is 0 Å². The summed E-state index contributed by atoms with van der Waals surface area (Å²) in [6, 6.07) is 18.6. The van der Waals surface area contributed by atoms with Crippen molar-refractivity contribution in [2.45, 2.75) is 6.61 Å². The molecule has 0 N–H and O–H groups in total. The zero-order valence-electron chi connectivity index (χ0n) is 8.89. The molecule has 0 saturated heterocycles. The molecule has 0 spiro atoms. The highest BCUT2D eigenvalue weighted by Crippen LogP contribution is 2.30. The zero-order chi connectivity index (χ0) is 10.8. The number of benzene rings is 2. The average molecular weight is 208 g/mol. The Morgan fingerprint density at radius 3 is 2.50 bits per heavy atom. The quantitative estimate of drug-likeness (QED) is 0.694. The minimum atomic E-state index is 0.689. The first-order valence-electron chi connectivity index (χ1n) is 5.41. The second-order valence-corrected chi connectivity index (χ2v) is 3.87. The van der Waals surface area contributed by atoms with Gasteiger partial charge in [-0.25, -0.2) is 0 Å². The second-order valence-electron chi connectivity index (χ2n) is 3.87. The third kappa shape index (κ3) is 1.61. The van der Waals surface area contributed by atoms with E-state index in [1.54, 1.807) is 0 Å². The van der Waals surface area contributed by atoms with Crippen molar-refractivity contribution in [2.75, 3.05) is 0 Å². The van der Waals surface area contributed by atoms with E-state index in [0.717, 1.165) is 5.76 Å². The molecule has 1 aliphatic rings. The molecule has 2 aromatic carbocycles. The standard InChI is InChI=1S/C15H12O/c1-2-6-12(7-3-1)10-15-14-9-5-4-8-13(14)11-16-15/h1-10H,11H2/b15-10-. The van der Waals surface area contributed by atoms with Crippen molar-refractivity contribution in [3.05, 3.63) is 71.3 Å². The number of fused-ring (bicyclic) bond motifs is 1. The summed E-state index contributed by atoms with van der Waals surface area (Å²) < 4.78 is 5.69. The van der Waals surface area contributed by atoms with Crippen LogP contribution in [0, 0.1) is 0 Å². The molecule has 0 aliphatic carbocycles. The molecular formula is C15H12O. The van der Waals surface area contributed by atoms with Gasteiger partial charge in [0, 0.05) is 11.1 Å². The first-order chi connectivity index (χ1) is 7.93. The minimum Gasteiger partial charge on any atom is -0.488 e. The van der Waals surface area contributed by atoms with E-state index in [1.807, 2.05) is 30.3 Å². The van der Waals surface area contributed by atoms with Crippen molar-refractivity contribution in [2.24, 2.45) is 0 Å². The third-order valence-corrected chi connectivity index (χ3v) is 2.76. The molecule has 1 aliphatic heterocycles. The first kappa shape index (κ1) is 9.22. The summed E-state index contributed by atoms with van der Waals surface area (Å²) in [6.07, 6.45) is 2.09. The van der Waals surface area contributed by atoms with E-state index in [4.69, 9.17) is 4.74 Å². The molecule has 16 heavy (non-hydrogen) atoms. The van der Waals surface area contributed by atoms with E-state index >= 15 is 0 Å². The van der Waals surface area contributed by atoms with Gasteiger partial charge in [0.15, 0.2) is 0 Å². The van der Waals surface area contributed by atoms with Crippen LogP contribution in [0.15, 0.2) is 54.6 Å². The van der Waals surface area contributed by atoms with Crippen LogP contribution in [-0.4, -0.2) is 0 Å². The van der Waals surface area contributed by atoms with E-state index in [0.29, 0.717) is 6.61 Å². The van der Waals surface area contributed by atoms with Crippen molar-refractivity contribution >= 4 is 11.8 Å². The normalized spacial score (nSPS) is 15.9. The van der Waals surface area contributed by atoms with E-state index in [-0.39, 0.29) is 0 Å². The van der Waals surface area contributed by atoms with Crippen LogP contribution in [0.4, 0.5) is 0 Å². The van der Waals surface area contributed by atoms with Gasteiger partial charge in [0.05, 0.1) is 0 Å². The van der Waals surface area contributed by atoms with Gasteiger partial charge in [-0.15, -0.1) is 0 Å². The topological polar surface area (TPSA) is 9.23 Å². The molecule has 0 fully saturated rings. The summed E-state index contributed by atoms with van der Waals surface area (Å²) in [7, 11) is 0. The molecule has 0 amide bonds. The van der Waals surface area contributed by atoms with Gasteiger partial charge in [-0.2, -0.15) is 0 Å². The molecule has 3 rings (SSSR count). The van der Waals surface area contributed by atoms with Crippen LogP contribution in [0.5, 0.6) is 0 Å². The summed E-state index contributed by atoms with van der Waals surface area (Å²) in [6.45, 7) is 0.689. The molecular weight excluding hydrogens is 196 g/mol. The van der Waals surface area contributed by atoms with Gasteiger partial charge in [-0.3, -0.25) is 0 Å². The summed E-state index contributed by atoms with van der Waals surface area (Å²) in [4.78, 5) is 0. The van der Waals surface area contributed by atoms with Gasteiger partial charge < -0.3 is 4.74 Å². The Morgan fingerprint density at radius 2 is 1.62 bits per heavy atom. The SMILES string of the molecule is C(=C1/OCc2ccccc21)/c1ccccc1. The Labute approximate surface area is 95.0 Å². The number of ether oxygens (including phenoxy) is 1. The van der Waals surface area contributed by atoms with Crippen LogP contribution in [0.3, 0.4) is 0 Å². The summed E-state index contributed by atoms with van der Waals surface area (Å²) in [5, 5.41) is 0. The molecule has 1 nitrogen and oxygen atoms in total. The summed E-state index contributed by atoms with van der Waals surface area (Å²) >= 11 is 0. The lowest BCUT2D eigenvalue weighted by atomic mass is 10.1. The van der Waals surface area contributed by atoms with Crippen LogP contribution in [0.1, 0.15) is 16.7 Å². The van der Waals surface area contributed by atoms with Crippen LogP contribution in [0.2, 0.25) is 0 Å². The van der Waals surface area contributed by atoms with Crippen molar-refractivity contribution in [3.8, 4) is 0 Å². The summed E-state index contributed by atoms with van der Waals surface area (Å²) in [5.41, 5.74) is 3.66. The highest BCUT2D eigenvalue weighted by Gasteiger charge is 2.15. The first-order valence-corrected chi connectivity index (χ1v) is 5.41. The Hall–Kier alpha value is -2.02. The lowest BCUT2D eigenvalue weighted by molar-refractivity contribution is 0.287. The Kier molecular flexibility index (Phi) is 2.22. The zero-order valence-corrected chi connectivity index (χ0v) is 8.89. The molecule has 0 bridgehead atoms. The molecule has 1 heteroatoms. The lowest BCUT2D eigenvalue weighted by Crippen LogP contribution is -1.79. The van der Waals surface area contributed by atoms with Gasteiger partial charge in [0.2, 0.25) is 0 Å². The smallest absolute Gasteiger partial charge is 0.128 e. The molecule has 0 unspecified atom stereocenters. The average Bonchev–Trinajstić information content (AvgIpc) is 2.74. The van der Waals surface area contributed by atoms with Crippen LogP contribution in [0.25, 0.3) is 11.8 Å². The maximum atomic E-state index is 5.69. The van der Waals surface area contributed by atoms with Gasteiger partial charge >= 0.3 is 0 Å². The molecule has 0 saturated carbocycles. The third-order valence-electron chi connectivity index (χ3n) is 2.76. The monoisotopic (exact) mass is 208 g/mol. The lowest BCUT2D eigenvalue weighted by Gasteiger charge is -1.99. The predicted octanol–water partition coefficient (Wildman–Crippen LogP) is 3.71. The highest BCUT2D eigenvalue weighted by atomic mass is 16.5. The van der Waals surface area contributed by atoms with Crippen LogP contribution >= 0.6 is 0 Å². The largest absolute Gasteiger partial charge is 0.488 e. The van der Waals surface area contributed by atoms with E-state index < -0.39 is 0 Å². The molecule has 78 valence electrons. The fourth-order valence-corrected chi connectivity index (χ4v) is 1.94. The molecule has 0 atom stereocenters. The van der Waals surface area contributed by atoms with Crippen molar-refractivity contribution < 1.29 is 4.74 Å². The van der Waals surface area contributed by atoms with E-state index in [2.05, 4.69) is 30.3 Å². The van der Waals surface area contributed by atoms with Crippen molar-refractivity contribution in [1.29, 1.82) is 0 Å². The maximum absolute atomic E-state index is 5.69. The number of hydrogen-bond donors (Lipinski definition) is 0. The molecule has 1 heterocycles. The van der Waals surface area contributed by atoms with Gasteiger partial charge in [0.1, 0.15) is 12.4 Å². The van der Waals surface area contributed by atoms with Crippen molar-refractivity contribution in [3.63, 3.8) is 0 Å². The fraction of sp³-hybridized carbons (Fsp3) is 0.0667. The Morgan fingerprint density at radius 1 is 0.875 bits per heavy atom. The van der Waals surface area contributed by atoms with Crippen LogP contribution in [-0.2, 0) is 11.3 Å². The Balaban J connectivity index is 2.02. The van der Waals surface area contributed by atoms with Crippen molar-refractivity contribution in [1.82, 2.24) is 0 Å². The maximum Gasteiger partial charge on any atom is 0.128 e. The summed E-state index contributed by atoms with van der Waals surface area (Å²) in [5.74, 6) is 0.974. The van der Waals surface area contributed by atoms with E-state index in [9.17, 15) is 0 Å². The number of rotatable bonds is 1. The minimum absolute atomic E-state index is 0.689. The van der Waals surface area contributed by atoms with Gasteiger partial charge in [-0.1, -0.05) is 54.6 Å². The van der Waals surface area contributed by atoms with E-state index in [1.165, 1.54) is 16.7 Å². The molecule has 0 radical (unpaired) electrons. The predicted molar refractivity (Wildman–Crippen MR) is 65.5 cm³/mol.